The molecule has 0 unspecified atom stereocenters. The Hall–Kier alpha value is -1.62. The highest BCUT2D eigenvalue weighted by molar-refractivity contribution is 6.30. The number of nitrogens with zero attached hydrogens (tertiary/aromatic N) is 1. The summed E-state index contributed by atoms with van der Waals surface area (Å²) in [7, 11) is 0. The fraction of sp³-hybridized carbons (Fsp3) is 0.417. The molecular formula is C12H13ClN2O3. The van der Waals surface area contributed by atoms with Gasteiger partial charge in [0.05, 0.1) is 10.9 Å². The summed E-state index contributed by atoms with van der Waals surface area (Å²) in [5, 5.41) is 12.2. The van der Waals surface area contributed by atoms with Crippen molar-refractivity contribution in [3.8, 4) is 0 Å². The molecule has 1 saturated carbocycles. The number of nitrogens with one attached hydrogen (secondary N) is 1. The first-order valence-corrected chi connectivity index (χ1v) is 6.11. The summed E-state index contributed by atoms with van der Waals surface area (Å²) in [4.78, 5) is 26.8. The van der Waals surface area contributed by atoms with Crippen molar-refractivity contribution in [1.82, 2.24) is 10.3 Å². The number of carbonyl (C=O) groups is 2. The number of amides is 1. The molecule has 1 aromatic heterocycles. The molecule has 1 aliphatic carbocycles. The fourth-order valence-corrected chi connectivity index (χ4v) is 2.29. The van der Waals surface area contributed by atoms with Crippen LogP contribution in [-0.4, -0.2) is 28.0 Å². The summed E-state index contributed by atoms with van der Waals surface area (Å²) in [6, 6.07) is 2.78. The molecule has 0 bridgehead atoms. The third-order valence-corrected chi connectivity index (χ3v) is 3.33. The number of carboxylic acids is 1. The van der Waals surface area contributed by atoms with Crippen LogP contribution in [0.4, 0.5) is 0 Å². The molecule has 2 atom stereocenters. The highest BCUT2D eigenvalue weighted by Crippen LogP contribution is 2.26. The third kappa shape index (κ3) is 2.79. The van der Waals surface area contributed by atoms with Gasteiger partial charge in [0.25, 0.3) is 5.91 Å². The summed E-state index contributed by atoms with van der Waals surface area (Å²) in [5.41, 5.74) is 0.246. The van der Waals surface area contributed by atoms with Crippen LogP contribution in [0.15, 0.2) is 18.3 Å². The van der Waals surface area contributed by atoms with Crippen LogP contribution in [0.2, 0.25) is 5.02 Å². The topological polar surface area (TPSA) is 79.3 Å². The maximum atomic E-state index is 11.9. The largest absolute Gasteiger partial charge is 0.481 e. The van der Waals surface area contributed by atoms with Crippen LogP contribution in [0.5, 0.6) is 0 Å². The minimum absolute atomic E-state index is 0.246. The number of carbonyl (C=O) groups excluding carboxylic acids is 1. The summed E-state index contributed by atoms with van der Waals surface area (Å²) in [6.07, 6.45) is 3.50. The van der Waals surface area contributed by atoms with Gasteiger partial charge in [0.1, 0.15) is 5.69 Å². The molecule has 1 aromatic rings. The lowest BCUT2D eigenvalue weighted by Gasteiger charge is -2.17. The molecule has 0 aliphatic heterocycles. The summed E-state index contributed by atoms with van der Waals surface area (Å²) in [6.45, 7) is 0. The van der Waals surface area contributed by atoms with Crippen molar-refractivity contribution in [2.24, 2.45) is 5.92 Å². The van der Waals surface area contributed by atoms with Crippen LogP contribution in [0.3, 0.4) is 0 Å². The first kappa shape index (κ1) is 12.8. The van der Waals surface area contributed by atoms with Gasteiger partial charge in [-0.2, -0.15) is 0 Å². The summed E-state index contributed by atoms with van der Waals surface area (Å²) < 4.78 is 0. The molecule has 1 heterocycles. The predicted molar refractivity (Wildman–Crippen MR) is 65.5 cm³/mol. The van der Waals surface area contributed by atoms with Crippen molar-refractivity contribution < 1.29 is 14.7 Å². The molecule has 0 aromatic carbocycles. The fourth-order valence-electron chi connectivity index (χ4n) is 2.18. The lowest BCUT2D eigenvalue weighted by atomic mass is 10.0. The smallest absolute Gasteiger partial charge is 0.308 e. The highest BCUT2D eigenvalue weighted by Gasteiger charge is 2.34. The van der Waals surface area contributed by atoms with Gasteiger partial charge >= 0.3 is 5.97 Å². The van der Waals surface area contributed by atoms with Crippen molar-refractivity contribution in [3.63, 3.8) is 0 Å². The van der Waals surface area contributed by atoms with E-state index in [4.69, 9.17) is 16.7 Å². The quantitative estimate of drug-likeness (QED) is 0.875. The van der Waals surface area contributed by atoms with Gasteiger partial charge in [-0.05, 0) is 25.0 Å². The van der Waals surface area contributed by atoms with E-state index in [2.05, 4.69) is 10.3 Å². The zero-order chi connectivity index (χ0) is 13.1. The number of halogens is 1. The van der Waals surface area contributed by atoms with E-state index in [9.17, 15) is 9.59 Å². The summed E-state index contributed by atoms with van der Waals surface area (Å²) >= 11 is 5.68. The van der Waals surface area contributed by atoms with Crippen LogP contribution in [0.1, 0.15) is 29.8 Å². The van der Waals surface area contributed by atoms with Crippen molar-refractivity contribution in [2.75, 3.05) is 0 Å². The molecule has 1 amide bonds. The molecule has 18 heavy (non-hydrogen) atoms. The number of aliphatic carboxylic acids is 1. The zero-order valence-electron chi connectivity index (χ0n) is 9.60. The molecule has 0 saturated heterocycles. The van der Waals surface area contributed by atoms with E-state index in [0.717, 1.165) is 6.42 Å². The Morgan fingerprint density at radius 2 is 2.17 bits per heavy atom. The third-order valence-electron chi connectivity index (χ3n) is 3.11. The molecule has 2 N–H and O–H groups in total. The van der Waals surface area contributed by atoms with E-state index in [1.807, 2.05) is 0 Å². The summed E-state index contributed by atoms with van der Waals surface area (Å²) in [5.74, 6) is -1.71. The van der Waals surface area contributed by atoms with E-state index in [-0.39, 0.29) is 17.6 Å². The standard InChI is InChI=1S/C12H13ClN2O3/c13-7-4-5-10(14-6-7)11(16)15-9-3-1-2-8(9)12(17)18/h4-6,8-9H,1-3H2,(H,15,16)(H,17,18)/t8-,9+/m1/s1. The van der Waals surface area contributed by atoms with Crippen LogP contribution in [0, 0.1) is 5.92 Å². The zero-order valence-corrected chi connectivity index (χ0v) is 10.4. The average Bonchev–Trinajstić information content (AvgIpc) is 2.78. The molecule has 1 aliphatic rings. The molecule has 0 spiro atoms. The molecule has 2 rings (SSSR count). The first-order valence-electron chi connectivity index (χ1n) is 5.73. The van der Waals surface area contributed by atoms with Crippen LogP contribution < -0.4 is 5.32 Å². The second-order valence-electron chi connectivity index (χ2n) is 4.32. The minimum Gasteiger partial charge on any atom is -0.481 e. The molecule has 1 fully saturated rings. The normalized spacial score (nSPS) is 22.7. The van der Waals surface area contributed by atoms with Crippen molar-refractivity contribution >= 4 is 23.5 Å². The second-order valence-corrected chi connectivity index (χ2v) is 4.75. The van der Waals surface area contributed by atoms with E-state index in [0.29, 0.717) is 17.9 Å². The number of pyridine rings is 1. The number of rotatable bonds is 3. The number of hydrogen-bond donors (Lipinski definition) is 2. The van der Waals surface area contributed by atoms with Gasteiger partial charge in [-0.1, -0.05) is 18.0 Å². The van der Waals surface area contributed by atoms with Crippen LogP contribution >= 0.6 is 11.6 Å². The van der Waals surface area contributed by atoms with Gasteiger partial charge in [0, 0.05) is 12.2 Å². The van der Waals surface area contributed by atoms with Gasteiger partial charge in [0.15, 0.2) is 0 Å². The molecule has 5 nitrogen and oxygen atoms in total. The lowest BCUT2D eigenvalue weighted by Crippen LogP contribution is -2.40. The number of aromatic nitrogens is 1. The maximum Gasteiger partial charge on any atom is 0.308 e. The van der Waals surface area contributed by atoms with Crippen molar-refractivity contribution in [3.05, 3.63) is 29.0 Å². The lowest BCUT2D eigenvalue weighted by molar-refractivity contribution is -0.142. The second kappa shape index (κ2) is 5.35. The van der Waals surface area contributed by atoms with Crippen molar-refractivity contribution in [2.45, 2.75) is 25.3 Å². The average molecular weight is 269 g/mol. The van der Waals surface area contributed by atoms with E-state index < -0.39 is 11.9 Å². The Morgan fingerprint density at radius 1 is 1.39 bits per heavy atom. The van der Waals surface area contributed by atoms with E-state index in [1.54, 1.807) is 6.07 Å². The SMILES string of the molecule is O=C(N[C@H]1CCC[C@H]1C(=O)O)c1ccc(Cl)cn1. The van der Waals surface area contributed by atoms with Gasteiger partial charge in [-0.15, -0.1) is 0 Å². The maximum absolute atomic E-state index is 11.9. The Bertz CT molecular complexity index is 461. The number of carboxylic acid groups (broad SMARTS) is 1. The monoisotopic (exact) mass is 268 g/mol. The van der Waals surface area contributed by atoms with E-state index in [1.165, 1.54) is 12.3 Å². The van der Waals surface area contributed by atoms with Gasteiger partial charge in [-0.25, -0.2) is 4.98 Å². The van der Waals surface area contributed by atoms with Gasteiger partial charge < -0.3 is 10.4 Å². The van der Waals surface area contributed by atoms with Gasteiger partial charge in [0.2, 0.25) is 0 Å². The van der Waals surface area contributed by atoms with Gasteiger partial charge in [-0.3, -0.25) is 9.59 Å². The highest BCUT2D eigenvalue weighted by atomic mass is 35.5. The van der Waals surface area contributed by atoms with Crippen LogP contribution in [0.25, 0.3) is 0 Å². The molecule has 0 radical (unpaired) electrons. The molecular weight excluding hydrogens is 256 g/mol. The Labute approximate surface area is 109 Å². The first-order chi connectivity index (χ1) is 8.58. The minimum atomic E-state index is -0.859. The predicted octanol–water partition coefficient (Wildman–Crippen LogP) is 1.72. The molecule has 96 valence electrons. The Kier molecular flexibility index (Phi) is 3.81. The Morgan fingerprint density at radius 3 is 2.78 bits per heavy atom. The van der Waals surface area contributed by atoms with Crippen LogP contribution in [-0.2, 0) is 4.79 Å². The Balaban J connectivity index is 2.03. The van der Waals surface area contributed by atoms with Crippen molar-refractivity contribution in [1.29, 1.82) is 0 Å². The number of hydrogen-bond acceptors (Lipinski definition) is 3. The van der Waals surface area contributed by atoms with E-state index >= 15 is 0 Å². The molecule has 6 heteroatoms.